The second-order valence-electron chi connectivity index (χ2n) is 5.18. The van der Waals surface area contributed by atoms with Crippen LogP contribution in [0.3, 0.4) is 0 Å². The minimum Gasteiger partial charge on any atom is -0.382 e. The molecule has 0 unspecified atom stereocenters. The Morgan fingerprint density at radius 1 is 1.27 bits per heavy atom. The lowest BCUT2D eigenvalue weighted by atomic mass is 10.1. The lowest BCUT2D eigenvalue weighted by Gasteiger charge is -2.33. The summed E-state index contributed by atoms with van der Waals surface area (Å²) in [6, 6.07) is 9.09. The van der Waals surface area contributed by atoms with Crippen LogP contribution in [-0.4, -0.2) is 55.4 Å². The molecule has 5 nitrogen and oxygen atoms in total. The second-order valence-corrected chi connectivity index (χ2v) is 5.56. The summed E-state index contributed by atoms with van der Waals surface area (Å²) in [6.07, 6.45) is 2.06. The Hall–Kier alpha value is -1.50. The summed E-state index contributed by atoms with van der Waals surface area (Å²) in [4.78, 5) is 14.1. The molecule has 0 radical (unpaired) electrons. The van der Waals surface area contributed by atoms with Gasteiger partial charge in [0.05, 0.1) is 19.3 Å². The van der Waals surface area contributed by atoms with Gasteiger partial charge in [-0.25, -0.2) is 0 Å². The normalized spacial score (nSPS) is 15.6. The van der Waals surface area contributed by atoms with Gasteiger partial charge in [0.2, 0.25) is 0 Å². The van der Waals surface area contributed by atoms with Gasteiger partial charge in [-0.1, -0.05) is 18.2 Å². The predicted molar refractivity (Wildman–Crippen MR) is 88.9 cm³/mol. The molecule has 0 aliphatic carbocycles. The minimum atomic E-state index is -0.163. The fourth-order valence-corrected chi connectivity index (χ4v) is 2.64. The lowest BCUT2D eigenvalue weighted by molar-refractivity contribution is -0.00643. The zero-order valence-corrected chi connectivity index (χ0v) is 13.6. The van der Waals surface area contributed by atoms with Crippen molar-refractivity contribution in [1.29, 1.82) is 0 Å². The number of ether oxygens (including phenoxy) is 2. The third-order valence-electron chi connectivity index (χ3n) is 3.63. The molecule has 1 aliphatic rings. The maximum absolute atomic E-state index is 12.1. The van der Waals surface area contributed by atoms with Gasteiger partial charge in [-0.15, -0.1) is 0 Å². The summed E-state index contributed by atoms with van der Waals surface area (Å²) in [7, 11) is 1.67. The van der Waals surface area contributed by atoms with Gasteiger partial charge in [0.25, 0.3) is 5.91 Å². The van der Waals surface area contributed by atoms with Crippen LogP contribution >= 0.6 is 12.2 Å². The molecule has 6 heteroatoms. The zero-order chi connectivity index (χ0) is 15.8. The van der Waals surface area contributed by atoms with Crippen molar-refractivity contribution in [2.24, 2.45) is 0 Å². The maximum Gasteiger partial charge on any atom is 0.257 e. The number of hydrogen-bond donors (Lipinski definition) is 1. The monoisotopic (exact) mass is 322 g/mol. The molecule has 1 aromatic rings. The average molecular weight is 322 g/mol. The molecule has 1 N–H and O–H groups in total. The van der Waals surface area contributed by atoms with E-state index in [4.69, 9.17) is 21.7 Å². The van der Waals surface area contributed by atoms with Crippen LogP contribution < -0.4 is 5.32 Å². The van der Waals surface area contributed by atoms with Crippen molar-refractivity contribution in [3.63, 3.8) is 0 Å². The molecule has 1 heterocycles. The average Bonchev–Trinajstić information content (AvgIpc) is 2.56. The number of carbonyl (C=O) groups is 1. The summed E-state index contributed by atoms with van der Waals surface area (Å²) >= 11 is 5.33. The minimum absolute atomic E-state index is 0.163. The van der Waals surface area contributed by atoms with Crippen molar-refractivity contribution >= 4 is 23.2 Å². The van der Waals surface area contributed by atoms with E-state index in [0.717, 1.165) is 25.9 Å². The molecule has 0 saturated carbocycles. The van der Waals surface area contributed by atoms with Gasteiger partial charge in [0.1, 0.15) is 0 Å². The molecule has 1 saturated heterocycles. The lowest BCUT2D eigenvalue weighted by Crippen LogP contribution is -2.47. The summed E-state index contributed by atoms with van der Waals surface area (Å²) < 4.78 is 10.7. The molecular weight excluding hydrogens is 300 g/mol. The van der Waals surface area contributed by atoms with E-state index in [1.807, 2.05) is 23.1 Å². The molecular formula is C16H22N2O3S. The van der Waals surface area contributed by atoms with Crippen molar-refractivity contribution in [3.8, 4) is 0 Å². The Labute approximate surface area is 136 Å². The summed E-state index contributed by atoms with van der Waals surface area (Å²) in [5.41, 5.74) is 0.614. The molecule has 2 rings (SSSR count). The van der Waals surface area contributed by atoms with Gasteiger partial charge in [0.15, 0.2) is 5.11 Å². The zero-order valence-electron chi connectivity index (χ0n) is 12.8. The number of thiocarbonyl (C=S) groups is 1. The summed E-state index contributed by atoms with van der Waals surface area (Å²) in [6.45, 7) is 2.83. The van der Waals surface area contributed by atoms with Gasteiger partial charge in [-0.3, -0.25) is 10.1 Å². The number of rotatable bonds is 5. The summed E-state index contributed by atoms with van der Waals surface area (Å²) in [5, 5.41) is 3.28. The van der Waals surface area contributed by atoms with Gasteiger partial charge in [0, 0.05) is 25.8 Å². The second kappa shape index (κ2) is 8.82. The van der Waals surface area contributed by atoms with Gasteiger partial charge < -0.3 is 14.4 Å². The fourth-order valence-electron chi connectivity index (χ4n) is 2.36. The molecule has 0 spiro atoms. The van der Waals surface area contributed by atoms with Crippen LogP contribution in [0.25, 0.3) is 0 Å². The first kappa shape index (κ1) is 16.9. The maximum atomic E-state index is 12.1. The number of methoxy groups -OCH3 is 1. The predicted octanol–water partition coefficient (Wildman–Crippen LogP) is 1.83. The van der Waals surface area contributed by atoms with Gasteiger partial charge >= 0.3 is 0 Å². The SMILES string of the molecule is COCCOC1CCN(C(=S)NC(=O)c2ccccc2)CC1. The van der Waals surface area contributed by atoms with E-state index < -0.39 is 0 Å². The first-order valence-electron chi connectivity index (χ1n) is 7.46. The van der Waals surface area contributed by atoms with Crippen LogP contribution in [-0.2, 0) is 9.47 Å². The fraction of sp³-hybridized carbons (Fsp3) is 0.500. The standard InChI is InChI=1S/C16H22N2O3S/c1-20-11-12-21-14-7-9-18(10-8-14)16(22)17-15(19)13-5-3-2-4-6-13/h2-6,14H,7-12H2,1H3,(H,17,19,22). The first-order valence-corrected chi connectivity index (χ1v) is 7.87. The van der Waals surface area contributed by atoms with E-state index in [1.165, 1.54) is 0 Å². The van der Waals surface area contributed by atoms with Crippen LogP contribution in [0.15, 0.2) is 30.3 Å². The van der Waals surface area contributed by atoms with Gasteiger partial charge in [-0.05, 0) is 37.2 Å². The Kier molecular flexibility index (Phi) is 6.76. The third-order valence-corrected chi connectivity index (χ3v) is 3.99. The van der Waals surface area contributed by atoms with E-state index in [0.29, 0.717) is 23.9 Å². The van der Waals surface area contributed by atoms with E-state index in [-0.39, 0.29) is 12.0 Å². The topological polar surface area (TPSA) is 50.8 Å². The highest BCUT2D eigenvalue weighted by Gasteiger charge is 2.22. The number of nitrogens with zero attached hydrogens (tertiary/aromatic N) is 1. The molecule has 22 heavy (non-hydrogen) atoms. The van der Waals surface area contributed by atoms with Crippen LogP contribution in [0, 0.1) is 0 Å². The number of hydrogen-bond acceptors (Lipinski definition) is 4. The number of piperidine rings is 1. The van der Waals surface area contributed by atoms with Crippen LogP contribution in [0.4, 0.5) is 0 Å². The van der Waals surface area contributed by atoms with Crippen molar-refractivity contribution in [1.82, 2.24) is 10.2 Å². The molecule has 1 aromatic carbocycles. The Bertz CT molecular complexity index is 487. The number of benzene rings is 1. The smallest absolute Gasteiger partial charge is 0.257 e. The highest BCUT2D eigenvalue weighted by molar-refractivity contribution is 7.80. The molecule has 0 aromatic heterocycles. The van der Waals surface area contributed by atoms with Gasteiger partial charge in [-0.2, -0.15) is 0 Å². The van der Waals surface area contributed by atoms with Crippen molar-refractivity contribution in [3.05, 3.63) is 35.9 Å². The third kappa shape index (κ3) is 5.05. The number of amides is 1. The number of nitrogens with one attached hydrogen (secondary N) is 1. The highest BCUT2D eigenvalue weighted by atomic mass is 32.1. The molecule has 1 amide bonds. The van der Waals surface area contributed by atoms with Crippen molar-refractivity contribution < 1.29 is 14.3 Å². The molecule has 0 atom stereocenters. The van der Waals surface area contributed by atoms with Crippen LogP contribution in [0.5, 0.6) is 0 Å². The molecule has 0 bridgehead atoms. The van der Waals surface area contributed by atoms with E-state index in [9.17, 15) is 4.79 Å². The Balaban J connectivity index is 1.74. The van der Waals surface area contributed by atoms with Crippen LogP contribution in [0.2, 0.25) is 0 Å². The largest absolute Gasteiger partial charge is 0.382 e. The number of likely N-dealkylation sites (tertiary alicyclic amines) is 1. The van der Waals surface area contributed by atoms with E-state index in [1.54, 1.807) is 19.2 Å². The number of carbonyl (C=O) groups excluding carboxylic acids is 1. The summed E-state index contributed by atoms with van der Waals surface area (Å²) in [5.74, 6) is -0.163. The Morgan fingerprint density at radius 3 is 2.59 bits per heavy atom. The Morgan fingerprint density at radius 2 is 1.95 bits per heavy atom. The quantitative estimate of drug-likeness (QED) is 0.662. The van der Waals surface area contributed by atoms with E-state index >= 15 is 0 Å². The van der Waals surface area contributed by atoms with Crippen molar-refractivity contribution in [2.75, 3.05) is 33.4 Å². The highest BCUT2D eigenvalue weighted by Crippen LogP contribution is 2.14. The first-order chi connectivity index (χ1) is 10.7. The van der Waals surface area contributed by atoms with E-state index in [2.05, 4.69) is 5.32 Å². The molecule has 120 valence electrons. The molecule has 1 aliphatic heterocycles. The molecule has 1 fully saturated rings. The van der Waals surface area contributed by atoms with Crippen LogP contribution in [0.1, 0.15) is 23.2 Å². The van der Waals surface area contributed by atoms with Crippen molar-refractivity contribution in [2.45, 2.75) is 18.9 Å².